The summed E-state index contributed by atoms with van der Waals surface area (Å²) in [6.45, 7) is 0.166. The number of amides is 2. The average Bonchev–Trinajstić information content (AvgIpc) is 2.47. The molecule has 2 rings (SSSR count). The van der Waals surface area contributed by atoms with Gasteiger partial charge in [0.05, 0.1) is 12.1 Å². The molecule has 106 valence electrons. The lowest BCUT2D eigenvalue weighted by Crippen LogP contribution is -2.19. The van der Waals surface area contributed by atoms with Crippen molar-refractivity contribution >= 4 is 17.4 Å². The van der Waals surface area contributed by atoms with Crippen LogP contribution in [-0.2, 0) is 0 Å². The first-order chi connectivity index (χ1) is 10.2. The molecule has 0 radical (unpaired) electrons. The Morgan fingerprint density at radius 1 is 1.10 bits per heavy atom. The number of carbonyl (C=O) groups is 1. The van der Waals surface area contributed by atoms with Crippen molar-refractivity contribution in [2.45, 2.75) is 0 Å². The first-order valence-corrected chi connectivity index (χ1v) is 6.30. The highest BCUT2D eigenvalue weighted by atomic mass is 19.1. The van der Waals surface area contributed by atoms with Crippen LogP contribution < -0.4 is 16.4 Å². The summed E-state index contributed by atoms with van der Waals surface area (Å²) >= 11 is 0. The Bertz CT molecular complexity index is 690. The molecule has 0 aliphatic rings. The summed E-state index contributed by atoms with van der Waals surface area (Å²) in [4.78, 5) is 11.8. The molecule has 0 spiro atoms. The molecule has 5 heteroatoms. The van der Waals surface area contributed by atoms with Crippen molar-refractivity contribution < 1.29 is 9.18 Å². The highest BCUT2D eigenvalue weighted by Gasteiger charge is 2.05. The van der Waals surface area contributed by atoms with Gasteiger partial charge in [-0.25, -0.2) is 9.18 Å². The number of halogens is 1. The largest absolute Gasteiger partial charge is 0.323 e. The Morgan fingerprint density at radius 3 is 2.48 bits per heavy atom. The Morgan fingerprint density at radius 2 is 1.81 bits per heavy atom. The van der Waals surface area contributed by atoms with E-state index >= 15 is 0 Å². The number of rotatable bonds is 2. The van der Waals surface area contributed by atoms with Gasteiger partial charge in [0.15, 0.2) is 0 Å². The third kappa shape index (κ3) is 4.34. The number of nitrogens with two attached hydrogens (primary N) is 1. The molecule has 0 aromatic heterocycles. The fraction of sp³-hybridized carbons (Fsp3) is 0.0625. The number of benzene rings is 2. The summed E-state index contributed by atoms with van der Waals surface area (Å²) < 4.78 is 13.7. The maximum atomic E-state index is 13.7. The highest BCUT2D eigenvalue weighted by Crippen LogP contribution is 2.14. The maximum Gasteiger partial charge on any atom is 0.323 e. The van der Waals surface area contributed by atoms with Crippen LogP contribution in [0.25, 0.3) is 0 Å². The van der Waals surface area contributed by atoms with Gasteiger partial charge in [-0.2, -0.15) is 0 Å². The van der Waals surface area contributed by atoms with Crippen molar-refractivity contribution in [3.05, 3.63) is 59.9 Å². The Hall–Kier alpha value is -2.84. The molecule has 0 fully saturated rings. The number of urea groups is 1. The van der Waals surface area contributed by atoms with Crippen molar-refractivity contribution in [3.8, 4) is 11.8 Å². The minimum absolute atomic E-state index is 0.166. The van der Waals surface area contributed by atoms with Crippen molar-refractivity contribution in [2.75, 3.05) is 17.2 Å². The SMILES string of the molecule is NCC#Cc1ccc(NC(=O)Nc2ccccc2)cc1F. The normalized spacial score (nSPS) is 9.43. The number of hydrogen-bond acceptors (Lipinski definition) is 2. The quantitative estimate of drug-likeness (QED) is 0.742. The first-order valence-electron chi connectivity index (χ1n) is 6.30. The molecule has 0 heterocycles. The van der Waals surface area contributed by atoms with Gasteiger partial charge in [0.2, 0.25) is 0 Å². The van der Waals surface area contributed by atoms with E-state index in [1.807, 2.05) is 6.07 Å². The lowest BCUT2D eigenvalue weighted by molar-refractivity contribution is 0.262. The van der Waals surface area contributed by atoms with E-state index in [-0.39, 0.29) is 12.1 Å². The van der Waals surface area contributed by atoms with E-state index in [2.05, 4.69) is 22.5 Å². The van der Waals surface area contributed by atoms with E-state index < -0.39 is 11.8 Å². The van der Waals surface area contributed by atoms with Gasteiger partial charge >= 0.3 is 6.03 Å². The van der Waals surface area contributed by atoms with Crippen LogP contribution in [0.2, 0.25) is 0 Å². The summed E-state index contributed by atoms with van der Waals surface area (Å²) in [6.07, 6.45) is 0. The topological polar surface area (TPSA) is 67.1 Å². The standard InChI is InChI=1S/C16H14FN3O/c17-15-11-14(9-8-12(15)5-4-10-18)20-16(21)19-13-6-2-1-3-7-13/h1-3,6-9,11H,10,18H2,(H2,19,20,21). The first kappa shape index (κ1) is 14.6. The smallest absolute Gasteiger partial charge is 0.320 e. The molecular weight excluding hydrogens is 269 g/mol. The minimum atomic E-state index is -0.506. The van der Waals surface area contributed by atoms with Crippen LogP contribution in [0.1, 0.15) is 5.56 Å². The van der Waals surface area contributed by atoms with E-state index in [9.17, 15) is 9.18 Å². The molecule has 4 N–H and O–H groups in total. The predicted octanol–water partition coefficient (Wildman–Crippen LogP) is 2.78. The second kappa shape index (κ2) is 7.08. The van der Waals surface area contributed by atoms with Gasteiger partial charge in [0.25, 0.3) is 0 Å². The Kier molecular flexibility index (Phi) is 4.91. The minimum Gasteiger partial charge on any atom is -0.320 e. The molecule has 21 heavy (non-hydrogen) atoms. The molecule has 0 bridgehead atoms. The number of anilines is 2. The summed E-state index contributed by atoms with van der Waals surface area (Å²) in [5.41, 5.74) is 6.48. The number of para-hydroxylation sites is 1. The molecule has 4 nitrogen and oxygen atoms in total. The molecule has 0 atom stereocenters. The Labute approximate surface area is 122 Å². The summed E-state index contributed by atoms with van der Waals surface area (Å²) in [5.74, 6) is 4.68. The van der Waals surface area contributed by atoms with Gasteiger partial charge < -0.3 is 16.4 Å². The van der Waals surface area contributed by atoms with Crippen LogP contribution in [-0.4, -0.2) is 12.6 Å². The zero-order valence-corrected chi connectivity index (χ0v) is 11.2. The number of carbonyl (C=O) groups excluding carboxylic acids is 1. The van der Waals surface area contributed by atoms with Gasteiger partial charge in [-0.1, -0.05) is 30.0 Å². The molecule has 2 aromatic carbocycles. The van der Waals surface area contributed by atoms with Crippen LogP contribution in [0.4, 0.5) is 20.6 Å². The molecule has 0 unspecified atom stereocenters. The zero-order valence-electron chi connectivity index (χ0n) is 11.2. The van der Waals surface area contributed by atoms with Crippen LogP contribution >= 0.6 is 0 Å². The number of hydrogen-bond donors (Lipinski definition) is 3. The average molecular weight is 283 g/mol. The predicted molar refractivity (Wildman–Crippen MR) is 81.4 cm³/mol. The summed E-state index contributed by atoms with van der Waals surface area (Å²) in [7, 11) is 0. The van der Waals surface area contributed by atoms with Crippen molar-refractivity contribution in [3.63, 3.8) is 0 Å². The lowest BCUT2D eigenvalue weighted by Gasteiger charge is -2.08. The molecule has 2 amide bonds. The van der Waals surface area contributed by atoms with E-state index in [4.69, 9.17) is 5.73 Å². The van der Waals surface area contributed by atoms with E-state index in [1.165, 1.54) is 12.1 Å². The molecule has 2 aromatic rings. The molecule has 0 saturated carbocycles. The van der Waals surface area contributed by atoms with Crippen molar-refractivity contribution in [1.29, 1.82) is 0 Å². The second-order valence-electron chi connectivity index (χ2n) is 4.15. The van der Waals surface area contributed by atoms with Crippen LogP contribution in [0.5, 0.6) is 0 Å². The fourth-order valence-electron chi connectivity index (χ4n) is 1.66. The van der Waals surface area contributed by atoms with E-state index in [1.54, 1.807) is 30.3 Å². The van der Waals surface area contributed by atoms with Crippen molar-refractivity contribution in [1.82, 2.24) is 0 Å². The summed E-state index contributed by atoms with van der Waals surface area (Å²) in [6, 6.07) is 12.8. The van der Waals surface area contributed by atoms with Crippen molar-refractivity contribution in [2.24, 2.45) is 5.73 Å². The van der Waals surface area contributed by atoms with Gasteiger partial charge in [-0.05, 0) is 30.3 Å². The van der Waals surface area contributed by atoms with E-state index in [0.717, 1.165) is 0 Å². The van der Waals surface area contributed by atoms with Crippen LogP contribution in [0.3, 0.4) is 0 Å². The fourth-order valence-corrected chi connectivity index (χ4v) is 1.66. The van der Waals surface area contributed by atoms with Gasteiger partial charge in [0.1, 0.15) is 5.82 Å². The Balaban J connectivity index is 2.03. The second-order valence-corrected chi connectivity index (χ2v) is 4.15. The van der Waals surface area contributed by atoms with Gasteiger partial charge in [-0.3, -0.25) is 0 Å². The monoisotopic (exact) mass is 283 g/mol. The maximum absolute atomic E-state index is 13.7. The van der Waals surface area contributed by atoms with Crippen LogP contribution in [0.15, 0.2) is 48.5 Å². The third-order valence-corrected chi connectivity index (χ3v) is 2.58. The lowest BCUT2D eigenvalue weighted by atomic mass is 10.2. The van der Waals surface area contributed by atoms with E-state index in [0.29, 0.717) is 11.4 Å². The molecule has 0 saturated heterocycles. The third-order valence-electron chi connectivity index (χ3n) is 2.58. The molecule has 0 aliphatic heterocycles. The number of nitrogens with one attached hydrogen (secondary N) is 2. The highest BCUT2D eigenvalue weighted by molar-refractivity contribution is 5.99. The summed E-state index contributed by atoms with van der Waals surface area (Å²) in [5, 5.41) is 5.19. The zero-order chi connectivity index (χ0) is 15.1. The van der Waals surface area contributed by atoms with Crippen LogP contribution in [0, 0.1) is 17.7 Å². The molecule has 0 aliphatic carbocycles. The van der Waals surface area contributed by atoms with Gasteiger partial charge in [-0.15, -0.1) is 0 Å². The van der Waals surface area contributed by atoms with Gasteiger partial charge in [0, 0.05) is 11.4 Å². The molecular formula is C16H14FN3O.